The van der Waals surface area contributed by atoms with Crippen molar-refractivity contribution in [1.82, 2.24) is 5.32 Å². The Balaban J connectivity index is 2.24. The Morgan fingerprint density at radius 1 is 1.43 bits per heavy atom. The van der Waals surface area contributed by atoms with Crippen LogP contribution in [0.25, 0.3) is 0 Å². The number of aryl methyl sites for hydroxylation is 1. The monoisotopic (exact) mass is 285 g/mol. The van der Waals surface area contributed by atoms with Gasteiger partial charge >= 0.3 is 0 Å². The molecule has 4 nitrogen and oxygen atoms in total. The molecule has 1 aliphatic heterocycles. The summed E-state index contributed by atoms with van der Waals surface area (Å²) in [5.74, 6) is 0.0629. The molecule has 1 fully saturated rings. The number of rotatable bonds is 4. The molecule has 0 spiro atoms. The summed E-state index contributed by atoms with van der Waals surface area (Å²) < 4.78 is 0. The van der Waals surface area contributed by atoms with Crippen LogP contribution >= 0.6 is 0 Å². The second-order valence-electron chi connectivity index (χ2n) is 5.84. The molecule has 1 heterocycles. The van der Waals surface area contributed by atoms with E-state index in [1.165, 1.54) is 0 Å². The molecule has 112 valence electrons. The van der Waals surface area contributed by atoms with Gasteiger partial charge < -0.3 is 10.6 Å². The van der Waals surface area contributed by atoms with Gasteiger partial charge in [-0.25, -0.2) is 0 Å². The lowest BCUT2D eigenvalue weighted by atomic mass is 9.74. The SMILES string of the molecule is CCCC1(C(=O)Nc2cccc(C)c2C#N)CCNCC1. The van der Waals surface area contributed by atoms with E-state index in [2.05, 4.69) is 23.6 Å². The summed E-state index contributed by atoms with van der Waals surface area (Å²) in [6, 6.07) is 7.76. The highest BCUT2D eigenvalue weighted by molar-refractivity contribution is 5.96. The average molecular weight is 285 g/mol. The van der Waals surface area contributed by atoms with Gasteiger partial charge in [0.25, 0.3) is 0 Å². The Bertz CT molecular complexity index is 548. The van der Waals surface area contributed by atoms with Gasteiger partial charge in [-0.15, -0.1) is 0 Å². The molecular formula is C17H23N3O. The van der Waals surface area contributed by atoms with E-state index in [1.807, 2.05) is 25.1 Å². The van der Waals surface area contributed by atoms with Gasteiger partial charge in [-0.2, -0.15) is 5.26 Å². The molecule has 0 saturated carbocycles. The number of amides is 1. The zero-order chi connectivity index (χ0) is 15.3. The predicted octanol–water partition coefficient (Wildman–Crippen LogP) is 2.98. The van der Waals surface area contributed by atoms with E-state index < -0.39 is 0 Å². The molecule has 0 unspecified atom stereocenters. The van der Waals surface area contributed by atoms with Crippen LogP contribution in [0.3, 0.4) is 0 Å². The Labute approximate surface area is 126 Å². The molecule has 0 aliphatic carbocycles. The first-order chi connectivity index (χ1) is 10.1. The molecule has 1 aromatic carbocycles. The van der Waals surface area contributed by atoms with E-state index in [0.29, 0.717) is 11.3 Å². The topological polar surface area (TPSA) is 64.9 Å². The summed E-state index contributed by atoms with van der Waals surface area (Å²) in [5, 5.41) is 15.6. The number of benzene rings is 1. The van der Waals surface area contributed by atoms with E-state index in [-0.39, 0.29) is 11.3 Å². The minimum atomic E-state index is -0.295. The Morgan fingerprint density at radius 3 is 2.76 bits per heavy atom. The van der Waals surface area contributed by atoms with E-state index in [1.54, 1.807) is 0 Å². The van der Waals surface area contributed by atoms with Gasteiger partial charge in [-0.05, 0) is 50.9 Å². The molecule has 2 N–H and O–H groups in total. The highest BCUT2D eigenvalue weighted by Gasteiger charge is 2.38. The summed E-state index contributed by atoms with van der Waals surface area (Å²) in [6.45, 7) is 5.77. The van der Waals surface area contributed by atoms with Crippen LogP contribution in [0.2, 0.25) is 0 Å². The van der Waals surface area contributed by atoms with E-state index in [0.717, 1.165) is 44.3 Å². The van der Waals surface area contributed by atoms with Crippen LogP contribution in [0.5, 0.6) is 0 Å². The van der Waals surface area contributed by atoms with Gasteiger partial charge in [-0.3, -0.25) is 4.79 Å². The highest BCUT2D eigenvalue weighted by atomic mass is 16.2. The van der Waals surface area contributed by atoms with Crippen LogP contribution in [0.1, 0.15) is 43.7 Å². The predicted molar refractivity (Wildman–Crippen MR) is 84.0 cm³/mol. The molecule has 1 amide bonds. The van der Waals surface area contributed by atoms with Crippen molar-refractivity contribution in [2.24, 2.45) is 5.41 Å². The lowest BCUT2D eigenvalue weighted by molar-refractivity contribution is -0.127. The lowest BCUT2D eigenvalue weighted by Gasteiger charge is -2.36. The van der Waals surface area contributed by atoms with Crippen molar-refractivity contribution in [3.8, 4) is 6.07 Å². The number of carbonyl (C=O) groups is 1. The fraction of sp³-hybridized carbons (Fsp3) is 0.529. The van der Waals surface area contributed by atoms with Crippen LogP contribution < -0.4 is 10.6 Å². The van der Waals surface area contributed by atoms with Crippen LogP contribution in [-0.4, -0.2) is 19.0 Å². The summed E-state index contributed by atoms with van der Waals surface area (Å²) in [4.78, 5) is 12.8. The molecule has 0 radical (unpaired) electrons. The maximum Gasteiger partial charge on any atom is 0.230 e. The van der Waals surface area contributed by atoms with Gasteiger partial charge in [0.15, 0.2) is 0 Å². The average Bonchev–Trinajstić information content (AvgIpc) is 2.49. The van der Waals surface area contributed by atoms with Crippen LogP contribution in [-0.2, 0) is 4.79 Å². The number of nitrogens with zero attached hydrogens (tertiary/aromatic N) is 1. The molecule has 4 heteroatoms. The number of hydrogen-bond acceptors (Lipinski definition) is 3. The van der Waals surface area contributed by atoms with Crippen molar-refractivity contribution >= 4 is 11.6 Å². The maximum absolute atomic E-state index is 12.8. The van der Waals surface area contributed by atoms with E-state index in [4.69, 9.17) is 0 Å². The number of carbonyl (C=O) groups excluding carboxylic acids is 1. The Hall–Kier alpha value is -1.86. The second-order valence-corrected chi connectivity index (χ2v) is 5.84. The molecule has 21 heavy (non-hydrogen) atoms. The summed E-state index contributed by atoms with van der Waals surface area (Å²) >= 11 is 0. The zero-order valence-corrected chi connectivity index (χ0v) is 12.8. The number of hydrogen-bond donors (Lipinski definition) is 2. The standard InChI is InChI=1S/C17H23N3O/c1-3-7-17(8-10-19-11-9-17)16(21)20-15-6-4-5-13(2)14(15)12-18/h4-6,19H,3,7-11H2,1-2H3,(H,20,21). The van der Waals surface area contributed by atoms with Gasteiger partial charge in [0, 0.05) is 0 Å². The lowest BCUT2D eigenvalue weighted by Crippen LogP contribution is -2.45. The Kier molecular flexibility index (Phi) is 4.98. The van der Waals surface area contributed by atoms with E-state index >= 15 is 0 Å². The van der Waals surface area contributed by atoms with Crippen LogP contribution in [0, 0.1) is 23.7 Å². The van der Waals surface area contributed by atoms with Gasteiger partial charge in [0.2, 0.25) is 5.91 Å². The third-order valence-corrected chi connectivity index (χ3v) is 4.40. The zero-order valence-electron chi connectivity index (χ0n) is 12.8. The van der Waals surface area contributed by atoms with Crippen molar-refractivity contribution in [1.29, 1.82) is 5.26 Å². The number of piperidine rings is 1. The van der Waals surface area contributed by atoms with E-state index in [9.17, 15) is 10.1 Å². The molecule has 2 rings (SSSR count). The molecule has 0 bridgehead atoms. The Morgan fingerprint density at radius 2 is 2.14 bits per heavy atom. The quantitative estimate of drug-likeness (QED) is 0.894. The largest absolute Gasteiger partial charge is 0.324 e. The molecular weight excluding hydrogens is 262 g/mol. The minimum absolute atomic E-state index is 0.0629. The van der Waals surface area contributed by atoms with Crippen molar-refractivity contribution < 1.29 is 4.79 Å². The highest BCUT2D eigenvalue weighted by Crippen LogP contribution is 2.35. The normalized spacial score (nSPS) is 17.0. The number of nitrogens with one attached hydrogen (secondary N) is 2. The second kappa shape index (κ2) is 6.73. The van der Waals surface area contributed by atoms with Crippen LogP contribution in [0.4, 0.5) is 5.69 Å². The molecule has 0 aromatic heterocycles. The van der Waals surface area contributed by atoms with Gasteiger partial charge in [-0.1, -0.05) is 25.5 Å². The molecule has 1 saturated heterocycles. The van der Waals surface area contributed by atoms with Crippen molar-refractivity contribution in [3.05, 3.63) is 29.3 Å². The first-order valence-electron chi connectivity index (χ1n) is 7.65. The molecule has 1 aliphatic rings. The van der Waals surface area contributed by atoms with Crippen LogP contribution in [0.15, 0.2) is 18.2 Å². The summed E-state index contributed by atoms with van der Waals surface area (Å²) in [5.41, 5.74) is 1.80. The first kappa shape index (κ1) is 15.5. The fourth-order valence-electron chi connectivity index (χ4n) is 3.15. The van der Waals surface area contributed by atoms with Gasteiger partial charge in [0.1, 0.15) is 6.07 Å². The summed E-state index contributed by atoms with van der Waals surface area (Å²) in [6.07, 6.45) is 3.61. The minimum Gasteiger partial charge on any atom is -0.324 e. The molecule has 1 aromatic rings. The first-order valence-corrected chi connectivity index (χ1v) is 7.65. The number of nitriles is 1. The fourth-order valence-corrected chi connectivity index (χ4v) is 3.15. The smallest absolute Gasteiger partial charge is 0.230 e. The maximum atomic E-state index is 12.8. The number of anilines is 1. The van der Waals surface area contributed by atoms with Crippen molar-refractivity contribution in [2.75, 3.05) is 18.4 Å². The van der Waals surface area contributed by atoms with Gasteiger partial charge in [0.05, 0.1) is 16.7 Å². The van der Waals surface area contributed by atoms with Crippen molar-refractivity contribution in [2.45, 2.75) is 39.5 Å². The third-order valence-electron chi connectivity index (χ3n) is 4.40. The van der Waals surface area contributed by atoms with Crippen molar-refractivity contribution in [3.63, 3.8) is 0 Å². The third kappa shape index (κ3) is 3.25. The molecule has 0 atom stereocenters. The summed E-state index contributed by atoms with van der Waals surface area (Å²) in [7, 11) is 0.